The zero-order chi connectivity index (χ0) is 15.1. The molecule has 1 heterocycles. The van der Waals surface area contributed by atoms with Gasteiger partial charge in [0.2, 0.25) is 5.91 Å². The van der Waals surface area contributed by atoms with Gasteiger partial charge in [-0.15, -0.1) is 0 Å². The smallest absolute Gasteiger partial charge is 0.326 e. The van der Waals surface area contributed by atoms with Gasteiger partial charge in [-0.1, -0.05) is 0 Å². The first-order chi connectivity index (χ1) is 9.45. The number of hydrogen-bond donors (Lipinski definition) is 3. The summed E-state index contributed by atoms with van der Waals surface area (Å²) in [7, 11) is 1.43. The highest BCUT2D eigenvalue weighted by molar-refractivity contribution is 5.86. The Morgan fingerprint density at radius 3 is 2.40 bits per heavy atom. The number of amides is 3. The number of carbonyl (C=O) groups excluding carboxylic acids is 2. The first-order valence-electron chi connectivity index (χ1n) is 6.58. The van der Waals surface area contributed by atoms with E-state index in [4.69, 9.17) is 10.2 Å². The number of likely N-dealkylation sites (N-methyl/N-ethyl adjacent to an activating group) is 1. The molecule has 0 aromatic carbocycles. The molecule has 1 saturated heterocycles. The molecule has 3 amide bonds. The number of rotatable bonds is 6. The van der Waals surface area contributed by atoms with Crippen LogP contribution in [-0.4, -0.2) is 77.3 Å². The highest BCUT2D eigenvalue weighted by atomic mass is 16.4. The van der Waals surface area contributed by atoms with E-state index in [1.807, 2.05) is 0 Å². The molecule has 1 unspecified atom stereocenters. The number of hydrogen-bond acceptors (Lipinski definition) is 4. The Hall–Kier alpha value is -1.83. The van der Waals surface area contributed by atoms with Crippen LogP contribution in [0.5, 0.6) is 0 Å². The molecule has 0 spiro atoms. The van der Waals surface area contributed by atoms with E-state index < -0.39 is 18.0 Å². The van der Waals surface area contributed by atoms with Crippen molar-refractivity contribution in [2.45, 2.75) is 25.3 Å². The molecule has 20 heavy (non-hydrogen) atoms. The first-order valence-corrected chi connectivity index (χ1v) is 6.58. The maximum absolute atomic E-state index is 11.9. The lowest BCUT2D eigenvalue weighted by atomic mass is 10.2. The predicted molar refractivity (Wildman–Crippen MR) is 70.1 cm³/mol. The van der Waals surface area contributed by atoms with Crippen LogP contribution in [0.1, 0.15) is 19.3 Å². The molecule has 114 valence electrons. The van der Waals surface area contributed by atoms with Gasteiger partial charge in [-0.25, -0.2) is 9.59 Å². The number of aliphatic hydroxyl groups excluding tert-OH is 1. The third-order valence-corrected chi connectivity index (χ3v) is 3.19. The summed E-state index contributed by atoms with van der Waals surface area (Å²) in [6, 6.07) is -1.80. The maximum atomic E-state index is 11.9. The van der Waals surface area contributed by atoms with E-state index in [9.17, 15) is 14.4 Å². The highest BCUT2D eigenvalue weighted by Crippen LogP contribution is 2.07. The molecule has 0 aliphatic carbocycles. The number of nitrogens with zero attached hydrogens (tertiary/aromatic N) is 2. The molecule has 0 aromatic heterocycles. The third kappa shape index (κ3) is 4.69. The van der Waals surface area contributed by atoms with Crippen molar-refractivity contribution in [3.05, 3.63) is 0 Å². The number of urea groups is 1. The number of nitrogens with one attached hydrogen (secondary N) is 1. The molecule has 8 heteroatoms. The molecular weight excluding hydrogens is 266 g/mol. The topological polar surface area (TPSA) is 110 Å². The van der Waals surface area contributed by atoms with E-state index >= 15 is 0 Å². The molecule has 1 rings (SSSR count). The van der Waals surface area contributed by atoms with Gasteiger partial charge in [-0.05, 0) is 12.8 Å². The zero-order valence-electron chi connectivity index (χ0n) is 11.5. The fraction of sp³-hybridized carbons (Fsp3) is 0.750. The fourth-order valence-corrected chi connectivity index (χ4v) is 1.99. The van der Waals surface area contributed by atoms with Gasteiger partial charge >= 0.3 is 12.0 Å². The molecule has 0 saturated carbocycles. The minimum atomic E-state index is -1.22. The summed E-state index contributed by atoms with van der Waals surface area (Å²) in [6.07, 6.45) is 1.87. The van der Waals surface area contributed by atoms with Crippen LogP contribution in [0.4, 0.5) is 4.79 Å². The molecule has 1 atom stereocenters. The molecule has 0 bridgehead atoms. The second-order valence-corrected chi connectivity index (χ2v) is 4.80. The van der Waals surface area contributed by atoms with E-state index in [2.05, 4.69) is 5.32 Å². The Balaban J connectivity index is 2.44. The Labute approximate surface area is 117 Å². The lowest BCUT2D eigenvalue weighted by molar-refractivity contribution is -0.139. The van der Waals surface area contributed by atoms with Crippen molar-refractivity contribution in [1.82, 2.24) is 15.1 Å². The van der Waals surface area contributed by atoms with Crippen molar-refractivity contribution < 1.29 is 24.6 Å². The van der Waals surface area contributed by atoms with Crippen molar-refractivity contribution >= 4 is 17.9 Å². The number of aliphatic carboxylic acids is 1. The molecule has 1 aliphatic rings. The van der Waals surface area contributed by atoms with Crippen molar-refractivity contribution in [3.63, 3.8) is 0 Å². The number of likely N-dealkylation sites (tertiary alicyclic amines) is 1. The molecule has 1 fully saturated rings. The van der Waals surface area contributed by atoms with Crippen LogP contribution in [0.3, 0.4) is 0 Å². The lowest BCUT2D eigenvalue weighted by Crippen LogP contribution is -2.49. The van der Waals surface area contributed by atoms with Gasteiger partial charge in [0, 0.05) is 33.2 Å². The molecule has 3 N–H and O–H groups in total. The number of carboxylic acid groups (broad SMARTS) is 1. The Bertz CT molecular complexity index is 368. The van der Waals surface area contributed by atoms with Crippen LogP contribution in [-0.2, 0) is 9.59 Å². The standard InChI is InChI=1S/C12H21N3O5/c1-14(8-10(17)15-5-2-3-6-15)12(20)13-9(4-7-16)11(18)19/h9,16H,2-8H2,1H3,(H,13,20)(H,18,19). The summed E-state index contributed by atoms with van der Waals surface area (Å²) in [5, 5.41) is 19.9. The van der Waals surface area contributed by atoms with Gasteiger partial charge in [0.25, 0.3) is 0 Å². The van der Waals surface area contributed by atoms with Crippen LogP contribution in [0, 0.1) is 0 Å². The third-order valence-electron chi connectivity index (χ3n) is 3.19. The van der Waals surface area contributed by atoms with Gasteiger partial charge in [0.1, 0.15) is 12.6 Å². The zero-order valence-corrected chi connectivity index (χ0v) is 11.5. The average molecular weight is 287 g/mol. The van der Waals surface area contributed by atoms with E-state index in [-0.39, 0.29) is 25.5 Å². The highest BCUT2D eigenvalue weighted by Gasteiger charge is 2.24. The second-order valence-electron chi connectivity index (χ2n) is 4.80. The molecule has 0 aromatic rings. The van der Waals surface area contributed by atoms with Gasteiger partial charge in [-0.2, -0.15) is 0 Å². The summed E-state index contributed by atoms with van der Waals surface area (Å²) in [5.74, 6) is -1.36. The summed E-state index contributed by atoms with van der Waals surface area (Å²) < 4.78 is 0. The normalized spacial score (nSPS) is 15.8. The van der Waals surface area contributed by atoms with Gasteiger partial charge < -0.3 is 25.3 Å². The average Bonchev–Trinajstić information content (AvgIpc) is 2.91. The van der Waals surface area contributed by atoms with Crippen LogP contribution < -0.4 is 5.32 Å². The minimum absolute atomic E-state index is 0.0744. The largest absolute Gasteiger partial charge is 0.480 e. The summed E-state index contributed by atoms with van der Waals surface area (Å²) in [5.41, 5.74) is 0. The van der Waals surface area contributed by atoms with E-state index in [1.54, 1.807) is 4.90 Å². The Morgan fingerprint density at radius 1 is 1.30 bits per heavy atom. The predicted octanol–water partition coefficient (Wildman–Crippen LogP) is -0.914. The van der Waals surface area contributed by atoms with E-state index in [0.29, 0.717) is 13.1 Å². The first kappa shape index (κ1) is 16.2. The van der Waals surface area contributed by atoms with Gasteiger partial charge in [0.15, 0.2) is 0 Å². The van der Waals surface area contributed by atoms with Crippen molar-refractivity contribution in [1.29, 1.82) is 0 Å². The number of carboxylic acids is 1. The number of carbonyl (C=O) groups is 3. The summed E-state index contributed by atoms with van der Waals surface area (Å²) in [6.45, 7) is 0.984. The molecule has 8 nitrogen and oxygen atoms in total. The Kier molecular flexibility index (Phi) is 6.23. The monoisotopic (exact) mass is 287 g/mol. The van der Waals surface area contributed by atoms with E-state index in [0.717, 1.165) is 17.7 Å². The Morgan fingerprint density at radius 2 is 1.90 bits per heavy atom. The van der Waals surface area contributed by atoms with Crippen molar-refractivity contribution in [3.8, 4) is 0 Å². The van der Waals surface area contributed by atoms with Crippen LogP contribution >= 0.6 is 0 Å². The minimum Gasteiger partial charge on any atom is -0.480 e. The quantitative estimate of drug-likeness (QED) is 0.585. The summed E-state index contributed by atoms with van der Waals surface area (Å²) in [4.78, 5) is 37.3. The van der Waals surface area contributed by atoms with Gasteiger partial charge in [-0.3, -0.25) is 4.79 Å². The summed E-state index contributed by atoms with van der Waals surface area (Å²) >= 11 is 0. The fourth-order valence-electron chi connectivity index (χ4n) is 1.99. The second kappa shape index (κ2) is 7.68. The van der Waals surface area contributed by atoms with Crippen LogP contribution in [0.25, 0.3) is 0 Å². The maximum Gasteiger partial charge on any atom is 0.326 e. The van der Waals surface area contributed by atoms with E-state index in [1.165, 1.54) is 7.05 Å². The number of aliphatic hydroxyl groups is 1. The van der Waals surface area contributed by atoms with Crippen LogP contribution in [0.15, 0.2) is 0 Å². The van der Waals surface area contributed by atoms with Crippen molar-refractivity contribution in [2.24, 2.45) is 0 Å². The van der Waals surface area contributed by atoms with Gasteiger partial charge in [0.05, 0.1) is 0 Å². The molecule has 0 radical (unpaired) electrons. The lowest BCUT2D eigenvalue weighted by Gasteiger charge is -2.23. The molecule has 1 aliphatic heterocycles. The molecular formula is C12H21N3O5. The SMILES string of the molecule is CN(CC(=O)N1CCCC1)C(=O)NC(CCO)C(=O)O. The van der Waals surface area contributed by atoms with Crippen LogP contribution in [0.2, 0.25) is 0 Å². The van der Waals surface area contributed by atoms with Crippen molar-refractivity contribution in [2.75, 3.05) is 33.3 Å².